The van der Waals surface area contributed by atoms with Gasteiger partial charge in [-0.05, 0) is 44.4 Å². The van der Waals surface area contributed by atoms with E-state index in [9.17, 15) is 10.1 Å². The van der Waals surface area contributed by atoms with E-state index in [0.29, 0.717) is 36.0 Å². The zero-order valence-electron chi connectivity index (χ0n) is 17.6. The predicted molar refractivity (Wildman–Crippen MR) is 116 cm³/mol. The molecule has 3 aromatic rings. The Bertz CT molecular complexity index is 1170. The lowest BCUT2D eigenvalue weighted by Gasteiger charge is -2.55. The third-order valence-electron chi connectivity index (χ3n) is 6.25. The molecule has 1 saturated carbocycles. The van der Waals surface area contributed by atoms with Crippen LogP contribution in [0.1, 0.15) is 38.7 Å². The molecular formula is C23H24N6O2. The smallest absolute Gasteiger partial charge is 0.219 e. The van der Waals surface area contributed by atoms with Crippen molar-refractivity contribution in [2.75, 3.05) is 11.9 Å². The largest absolute Gasteiger partial charge is 0.492 e. The van der Waals surface area contributed by atoms with Crippen molar-refractivity contribution in [3.63, 3.8) is 0 Å². The van der Waals surface area contributed by atoms with Gasteiger partial charge in [0, 0.05) is 42.4 Å². The van der Waals surface area contributed by atoms with Gasteiger partial charge in [0.15, 0.2) is 0 Å². The molecule has 8 nitrogen and oxygen atoms in total. The van der Waals surface area contributed by atoms with Crippen LogP contribution in [0.15, 0.2) is 36.8 Å². The minimum Gasteiger partial charge on any atom is -0.492 e. The minimum atomic E-state index is 0.180. The first kappa shape index (κ1) is 19.4. The maximum absolute atomic E-state index is 11.7. The molecule has 1 aliphatic carbocycles. The summed E-state index contributed by atoms with van der Waals surface area (Å²) in [5, 5.41) is 17.3. The summed E-state index contributed by atoms with van der Waals surface area (Å²) in [6, 6.07) is 9.14. The topological polar surface area (TPSA) is 95.5 Å². The summed E-state index contributed by atoms with van der Waals surface area (Å²) in [5.74, 6) is 1.69. The molecule has 5 heterocycles. The fourth-order valence-electron chi connectivity index (χ4n) is 5.00. The Morgan fingerprint density at radius 1 is 1.29 bits per heavy atom. The molecule has 3 fully saturated rings. The molecule has 8 heteroatoms. The Balaban J connectivity index is 1.38. The molecule has 3 aromatic heterocycles. The number of nitrogens with zero attached hydrogens (tertiary/aromatic N) is 5. The number of ether oxygens (including phenoxy) is 1. The fourth-order valence-corrected chi connectivity index (χ4v) is 5.00. The van der Waals surface area contributed by atoms with E-state index in [-0.39, 0.29) is 5.91 Å². The first-order valence-electron chi connectivity index (χ1n) is 10.6. The van der Waals surface area contributed by atoms with Crippen LogP contribution in [-0.2, 0) is 4.79 Å². The van der Waals surface area contributed by atoms with E-state index in [4.69, 9.17) is 4.74 Å². The third-order valence-corrected chi connectivity index (χ3v) is 6.25. The van der Waals surface area contributed by atoms with Crippen molar-refractivity contribution >= 4 is 17.2 Å². The Morgan fingerprint density at radius 3 is 2.74 bits per heavy atom. The number of carbonyl (C=O) groups is 1. The van der Waals surface area contributed by atoms with Crippen molar-refractivity contribution in [2.24, 2.45) is 0 Å². The van der Waals surface area contributed by atoms with Crippen LogP contribution >= 0.6 is 0 Å². The molecule has 1 amide bonds. The van der Waals surface area contributed by atoms with Crippen LogP contribution in [0.5, 0.6) is 5.75 Å². The molecule has 31 heavy (non-hydrogen) atoms. The van der Waals surface area contributed by atoms with Crippen molar-refractivity contribution in [3.8, 4) is 22.9 Å². The normalized spacial score (nSPS) is 22.0. The Kier molecular flexibility index (Phi) is 4.74. The number of hydrogen-bond acceptors (Lipinski definition) is 6. The molecule has 2 atom stereocenters. The number of piperidine rings is 1. The fraction of sp³-hybridized carbons (Fsp3) is 0.391. The Hall–Kier alpha value is -3.60. The van der Waals surface area contributed by atoms with E-state index < -0.39 is 0 Å². The maximum atomic E-state index is 11.7. The van der Waals surface area contributed by atoms with Gasteiger partial charge in [0.2, 0.25) is 5.91 Å². The third kappa shape index (κ3) is 3.36. The summed E-state index contributed by atoms with van der Waals surface area (Å²) in [6.07, 6.45) is 8.19. The van der Waals surface area contributed by atoms with Gasteiger partial charge in [-0.2, -0.15) is 10.4 Å². The summed E-state index contributed by atoms with van der Waals surface area (Å²) in [7, 11) is 0. The van der Waals surface area contributed by atoms with Gasteiger partial charge in [-0.3, -0.25) is 4.79 Å². The number of fused-ring (bicyclic) bond motifs is 3. The van der Waals surface area contributed by atoms with Crippen molar-refractivity contribution < 1.29 is 9.53 Å². The molecule has 0 spiro atoms. The highest BCUT2D eigenvalue weighted by atomic mass is 16.5. The van der Waals surface area contributed by atoms with Crippen LogP contribution in [-0.4, -0.2) is 50.1 Å². The zero-order chi connectivity index (χ0) is 21.5. The highest BCUT2D eigenvalue weighted by molar-refractivity contribution is 5.85. The number of rotatable bonds is 5. The number of amides is 1. The van der Waals surface area contributed by atoms with Gasteiger partial charge in [0.05, 0.1) is 30.1 Å². The summed E-state index contributed by atoms with van der Waals surface area (Å²) in [5.41, 5.74) is 3.00. The summed E-state index contributed by atoms with van der Waals surface area (Å²) in [4.78, 5) is 18.4. The molecule has 3 aliphatic rings. The second kappa shape index (κ2) is 7.58. The van der Waals surface area contributed by atoms with Gasteiger partial charge in [0.25, 0.3) is 0 Å². The average molecular weight is 416 g/mol. The SMILES string of the molecule is CCOc1cc(-c2ccc(NC3CC4CC(C3)N4C(C)=O)nc2)c2c(C#N)cnn2c1. The summed E-state index contributed by atoms with van der Waals surface area (Å²) in [6.45, 7) is 4.13. The van der Waals surface area contributed by atoms with E-state index in [1.807, 2.05) is 36.2 Å². The van der Waals surface area contributed by atoms with E-state index >= 15 is 0 Å². The van der Waals surface area contributed by atoms with Crippen molar-refractivity contribution in [3.05, 3.63) is 42.4 Å². The van der Waals surface area contributed by atoms with Gasteiger partial charge in [-0.25, -0.2) is 9.50 Å². The van der Waals surface area contributed by atoms with Crippen LogP contribution in [0.25, 0.3) is 16.6 Å². The van der Waals surface area contributed by atoms with Gasteiger partial charge in [0.1, 0.15) is 17.6 Å². The number of hydrogen-bond donors (Lipinski definition) is 1. The summed E-state index contributed by atoms with van der Waals surface area (Å²) >= 11 is 0. The predicted octanol–water partition coefficient (Wildman–Crippen LogP) is 3.23. The zero-order valence-corrected chi connectivity index (χ0v) is 17.6. The second-order valence-electron chi connectivity index (χ2n) is 8.20. The van der Waals surface area contributed by atoms with E-state index in [1.165, 1.54) is 0 Å². The molecular weight excluding hydrogens is 392 g/mol. The monoisotopic (exact) mass is 416 g/mol. The highest BCUT2D eigenvalue weighted by Crippen LogP contribution is 2.39. The number of pyridine rings is 2. The van der Waals surface area contributed by atoms with Crippen LogP contribution < -0.4 is 10.1 Å². The van der Waals surface area contributed by atoms with Crippen LogP contribution in [0, 0.1) is 11.3 Å². The number of nitrogens with one attached hydrogen (secondary N) is 1. The number of nitriles is 1. The Morgan fingerprint density at radius 2 is 2.10 bits per heavy atom. The van der Waals surface area contributed by atoms with Gasteiger partial charge >= 0.3 is 0 Å². The molecule has 2 aliphatic heterocycles. The van der Waals surface area contributed by atoms with Gasteiger partial charge in [-0.15, -0.1) is 0 Å². The van der Waals surface area contributed by atoms with E-state index in [2.05, 4.69) is 21.5 Å². The van der Waals surface area contributed by atoms with Crippen molar-refractivity contribution in [1.82, 2.24) is 19.5 Å². The number of anilines is 1. The maximum Gasteiger partial charge on any atom is 0.219 e. The quantitative estimate of drug-likeness (QED) is 0.686. The van der Waals surface area contributed by atoms with Crippen LogP contribution in [0.4, 0.5) is 5.82 Å². The van der Waals surface area contributed by atoms with Crippen LogP contribution in [0.3, 0.4) is 0 Å². The first-order chi connectivity index (χ1) is 15.1. The molecule has 1 N–H and O–H groups in total. The molecule has 0 aromatic carbocycles. The summed E-state index contributed by atoms with van der Waals surface area (Å²) < 4.78 is 7.36. The standard InChI is InChI=1S/C23H24N6O2/c1-3-31-20-9-21(23-16(10-24)12-26-28(23)13-20)15-4-5-22(25-11-15)27-17-6-18-8-19(7-17)29(18)14(2)30/h4-5,9,11-13,17-19H,3,6-8H2,1-2H3,(H,25,27). The lowest BCUT2D eigenvalue weighted by atomic mass is 9.77. The molecule has 2 unspecified atom stereocenters. The molecule has 2 bridgehead atoms. The lowest BCUT2D eigenvalue weighted by Crippen LogP contribution is -2.64. The van der Waals surface area contributed by atoms with Crippen LogP contribution in [0.2, 0.25) is 0 Å². The minimum absolute atomic E-state index is 0.180. The Labute approximate surface area is 180 Å². The number of carbonyl (C=O) groups excluding carboxylic acids is 1. The molecule has 2 saturated heterocycles. The lowest BCUT2D eigenvalue weighted by molar-refractivity contribution is -0.146. The van der Waals surface area contributed by atoms with E-state index in [0.717, 1.165) is 41.7 Å². The van der Waals surface area contributed by atoms with Crippen molar-refractivity contribution in [2.45, 2.75) is 51.2 Å². The van der Waals surface area contributed by atoms with Gasteiger partial charge < -0.3 is 15.0 Å². The van der Waals surface area contributed by atoms with Gasteiger partial charge in [-0.1, -0.05) is 0 Å². The van der Waals surface area contributed by atoms with E-state index in [1.54, 1.807) is 23.8 Å². The highest BCUT2D eigenvalue weighted by Gasteiger charge is 2.46. The second-order valence-corrected chi connectivity index (χ2v) is 8.20. The number of aromatic nitrogens is 3. The average Bonchev–Trinajstić information content (AvgIpc) is 3.16. The molecule has 158 valence electrons. The van der Waals surface area contributed by atoms with Crippen molar-refractivity contribution in [1.29, 1.82) is 5.26 Å². The first-order valence-corrected chi connectivity index (χ1v) is 10.6. The molecule has 0 radical (unpaired) electrons. The molecule has 6 rings (SSSR count).